The molecule has 1 atom stereocenters. The van der Waals surface area contributed by atoms with E-state index in [1.165, 1.54) is 25.3 Å². The van der Waals surface area contributed by atoms with Gasteiger partial charge in [0, 0.05) is 11.3 Å². The van der Waals surface area contributed by atoms with Gasteiger partial charge in [-0.3, -0.25) is 9.35 Å². The van der Waals surface area contributed by atoms with Crippen LogP contribution < -0.4 is 14.4 Å². The molecule has 6 nitrogen and oxygen atoms in total. The summed E-state index contributed by atoms with van der Waals surface area (Å²) in [6.07, 6.45) is 0. The molecular weight excluding hydrogens is 443 g/mol. The fraction of sp³-hybridized carbons (Fsp3) is 0.0556. The molecule has 0 aliphatic rings. The Morgan fingerprint density at radius 3 is 2.43 bits per heavy atom. The number of amides is 1. The maximum atomic E-state index is 12.6. The van der Waals surface area contributed by atoms with Gasteiger partial charge in [0.15, 0.2) is 0 Å². The number of nitrogens with one attached hydrogen (secondary N) is 1. The monoisotopic (exact) mass is 456 g/mol. The molecule has 3 rings (SSSR count). The Morgan fingerprint density at radius 1 is 1.14 bits per heavy atom. The van der Waals surface area contributed by atoms with Crippen molar-refractivity contribution in [2.75, 3.05) is 16.7 Å². The number of benzene rings is 2. The first-order valence-electron chi connectivity index (χ1n) is 7.81. The Kier molecular flexibility index (Phi) is 6.58. The second kappa shape index (κ2) is 8.93. The third-order valence-corrected chi connectivity index (χ3v) is 5.88. The first-order chi connectivity index (χ1) is 13.4. The number of anilines is 3. The van der Waals surface area contributed by atoms with Gasteiger partial charge in [-0.15, -0.1) is 11.3 Å². The lowest BCUT2D eigenvalue weighted by atomic mass is 10.1. The number of thiophene rings is 1. The predicted molar refractivity (Wildman–Crippen MR) is 115 cm³/mol. The number of hydrogen-bond donors (Lipinski definition) is 2. The van der Waals surface area contributed by atoms with Crippen molar-refractivity contribution >= 4 is 68.8 Å². The molecule has 0 fully saturated rings. The van der Waals surface area contributed by atoms with Crippen LogP contribution in [0.2, 0.25) is 8.67 Å². The largest absolute Gasteiger partial charge is 0.495 e. The topological polar surface area (TPSA) is 78.9 Å². The highest BCUT2D eigenvalue weighted by Gasteiger charge is 2.25. The number of rotatable bonds is 6. The van der Waals surface area contributed by atoms with Crippen LogP contribution in [0.4, 0.5) is 17.1 Å². The summed E-state index contributed by atoms with van der Waals surface area (Å²) in [5, 5.41) is 2.76. The fourth-order valence-corrected chi connectivity index (χ4v) is 4.65. The highest BCUT2D eigenvalue weighted by atomic mass is 35.5. The van der Waals surface area contributed by atoms with E-state index in [4.69, 9.17) is 27.9 Å². The highest BCUT2D eigenvalue weighted by molar-refractivity contribution is 7.81. The van der Waals surface area contributed by atoms with Crippen LogP contribution in [0.25, 0.3) is 0 Å². The van der Waals surface area contributed by atoms with Crippen LogP contribution in [-0.2, 0) is 11.3 Å². The van der Waals surface area contributed by atoms with E-state index in [1.807, 2.05) is 6.07 Å². The quantitative estimate of drug-likeness (QED) is 0.473. The molecule has 0 spiro atoms. The molecule has 1 unspecified atom stereocenters. The summed E-state index contributed by atoms with van der Waals surface area (Å²) in [5.74, 6) is -0.0923. The Bertz CT molecular complexity index is 1030. The molecule has 3 aromatic rings. The average molecular weight is 457 g/mol. The van der Waals surface area contributed by atoms with Gasteiger partial charge in [-0.25, -0.2) is 8.51 Å². The summed E-state index contributed by atoms with van der Waals surface area (Å²) in [6, 6.07) is 15.0. The minimum atomic E-state index is -2.49. The van der Waals surface area contributed by atoms with Crippen LogP contribution in [0, 0.1) is 0 Å². The zero-order chi connectivity index (χ0) is 20.3. The van der Waals surface area contributed by atoms with Crippen molar-refractivity contribution in [1.29, 1.82) is 0 Å². The number of ether oxygens (including phenoxy) is 1. The third-order valence-electron chi connectivity index (χ3n) is 3.71. The molecule has 1 heterocycles. The lowest BCUT2D eigenvalue weighted by Gasteiger charge is -2.22. The SMILES string of the molecule is COc1ccc(C(=O)Nc2ccccc2)cc1N(c1cc(Cl)sc1Cl)S(=O)O. The van der Waals surface area contributed by atoms with Gasteiger partial charge in [0.05, 0.1) is 22.8 Å². The Labute approximate surface area is 178 Å². The van der Waals surface area contributed by atoms with Gasteiger partial charge in [0.25, 0.3) is 17.2 Å². The summed E-state index contributed by atoms with van der Waals surface area (Å²) in [5.41, 5.74) is 1.32. The van der Waals surface area contributed by atoms with Crippen molar-refractivity contribution in [3.8, 4) is 5.75 Å². The first kappa shape index (κ1) is 20.6. The standard InChI is InChI=1S/C18H14Cl2N2O4S2/c1-26-15-8-7-11(18(23)21-12-5-3-2-4-6-12)9-13(15)22(28(24)25)14-10-16(19)27-17(14)20/h2-10H,1H3,(H,21,23)(H,24,25). The Balaban J connectivity index is 2.03. The summed E-state index contributed by atoms with van der Waals surface area (Å²) in [6.45, 7) is 0. The Hall–Kier alpha value is -2.10. The average Bonchev–Trinajstić information content (AvgIpc) is 3.00. The van der Waals surface area contributed by atoms with E-state index in [0.717, 1.165) is 15.6 Å². The maximum absolute atomic E-state index is 12.6. The third kappa shape index (κ3) is 4.48. The van der Waals surface area contributed by atoms with Gasteiger partial charge >= 0.3 is 0 Å². The summed E-state index contributed by atoms with van der Waals surface area (Å²) >= 11 is 10.7. The summed E-state index contributed by atoms with van der Waals surface area (Å²) < 4.78 is 28.9. The summed E-state index contributed by atoms with van der Waals surface area (Å²) in [7, 11) is 1.42. The number of methoxy groups -OCH3 is 1. The van der Waals surface area contributed by atoms with Crippen molar-refractivity contribution in [3.63, 3.8) is 0 Å². The molecule has 2 N–H and O–H groups in total. The first-order valence-corrected chi connectivity index (χ1v) is 10.4. The van der Waals surface area contributed by atoms with Gasteiger partial charge in [-0.05, 0) is 36.4 Å². The van der Waals surface area contributed by atoms with Crippen molar-refractivity contribution < 1.29 is 18.3 Å². The molecule has 0 aliphatic heterocycles. The molecule has 28 heavy (non-hydrogen) atoms. The smallest absolute Gasteiger partial charge is 0.266 e. The number of halogens is 2. The molecule has 1 amide bonds. The van der Waals surface area contributed by atoms with Gasteiger partial charge in [-0.2, -0.15) is 0 Å². The zero-order valence-corrected chi connectivity index (χ0v) is 17.5. The van der Waals surface area contributed by atoms with Crippen LogP contribution in [0.15, 0.2) is 54.6 Å². The molecule has 0 bridgehead atoms. The van der Waals surface area contributed by atoms with Gasteiger partial charge in [0.1, 0.15) is 10.1 Å². The predicted octanol–water partition coefficient (Wildman–Crippen LogP) is 5.59. The van der Waals surface area contributed by atoms with E-state index in [0.29, 0.717) is 10.0 Å². The molecule has 2 aromatic carbocycles. The number of hydrogen-bond acceptors (Lipinski definition) is 4. The van der Waals surface area contributed by atoms with Crippen molar-refractivity contribution in [3.05, 3.63) is 68.8 Å². The van der Waals surface area contributed by atoms with E-state index < -0.39 is 11.3 Å². The number of carbonyl (C=O) groups excluding carboxylic acids is 1. The molecule has 0 saturated heterocycles. The van der Waals surface area contributed by atoms with E-state index in [9.17, 15) is 13.6 Å². The van der Waals surface area contributed by atoms with Gasteiger partial charge in [-0.1, -0.05) is 41.4 Å². The van der Waals surface area contributed by atoms with Crippen LogP contribution in [-0.4, -0.2) is 21.8 Å². The second-order valence-electron chi connectivity index (χ2n) is 5.44. The lowest BCUT2D eigenvalue weighted by Crippen LogP contribution is -2.21. The van der Waals surface area contributed by atoms with Crippen LogP contribution in [0.1, 0.15) is 10.4 Å². The molecule has 1 aromatic heterocycles. The second-order valence-corrected chi connectivity index (χ2v) is 8.55. The van der Waals surface area contributed by atoms with Gasteiger partial charge in [0.2, 0.25) is 0 Å². The van der Waals surface area contributed by atoms with Crippen molar-refractivity contribution in [2.24, 2.45) is 0 Å². The highest BCUT2D eigenvalue weighted by Crippen LogP contribution is 2.44. The lowest BCUT2D eigenvalue weighted by molar-refractivity contribution is 0.102. The maximum Gasteiger partial charge on any atom is 0.266 e. The van der Waals surface area contributed by atoms with E-state index in [1.54, 1.807) is 30.3 Å². The van der Waals surface area contributed by atoms with Crippen LogP contribution in [0.3, 0.4) is 0 Å². The molecule has 0 saturated carbocycles. The normalized spacial score (nSPS) is 11.7. The van der Waals surface area contributed by atoms with Crippen molar-refractivity contribution in [2.45, 2.75) is 0 Å². The fourth-order valence-electron chi connectivity index (χ4n) is 2.48. The van der Waals surface area contributed by atoms with Crippen LogP contribution >= 0.6 is 34.5 Å². The zero-order valence-electron chi connectivity index (χ0n) is 14.4. The Morgan fingerprint density at radius 2 is 1.86 bits per heavy atom. The summed E-state index contributed by atoms with van der Waals surface area (Å²) in [4.78, 5) is 12.6. The van der Waals surface area contributed by atoms with E-state index >= 15 is 0 Å². The van der Waals surface area contributed by atoms with Crippen LogP contribution in [0.5, 0.6) is 5.75 Å². The molecule has 10 heteroatoms. The number of carbonyl (C=O) groups is 1. The number of para-hydroxylation sites is 1. The molecule has 146 valence electrons. The van der Waals surface area contributed by atoms with E-state index in [-0.39, 0.29) is 32.9 Å². The minimum absolute atomic E-state index is 0.195. The van der Waals surface area contributed by atoms with E-state index in [2.05, 4.69) is 5.32 Å². The van der Waals surface area contributed by atoms with Gasteiger partial charge < -0.3 is 10.1 Å². The molecule has 0 radical (unpaired) electrons. The molecular formula is C18H14Cl2N2O4S2. The minimum Gasteiger partial charge on any atom is -0.495 e. The van der Waals surface area contributed by atoms with Crippen molar-refractivity contribution in [1.82, 2.24) is 0 Å². The molecule has 0 aliphatic carbocycles. The number of nitrogens with zero attached hydrogens (tertiary/aromatic N) is 1.